The molecule has 0 aliphatic carbocycles. The van der Waals surface area contributed by atoms with E-state index in [2.05, 4.69) is 4.98 Å². The number of likely N-dealkylation sites (N-methyl/N-ethyl adjacent to an activating group) is 2. The molecule has 100 valence electrons. The Kier molecular flexibility index (Phi) is 4.66. The first-order valence-electron chi connectivity index (χ1n) is 5.04. The van der Waals surface area contributed by atoms with Gasteiger partial charge in [-0.3, -0.25) is 4.79 Å². The first-order chi connectivity index (χ1) is 8.26. The maximum Gasteiger partial charge on any atom is 0.246 e. The van der Waals surface area contributed by atoms with Crippen molar-refractivity contribution in [2.45, 2.75) is 4.90 Å². The molecule has 1 aromatic rings. The zero-order chi connectivity index (χ0) is 13.9. The molecule has 0 aliphatic heterocycles. The van der Waals surface area contributed by atoms with Crippen LogP contribution in [-0.4, -0.2) is 56.2 Å². The summed E-state index contributed by atoms with van der Waals surface area (Å²) in [7, 11) is 0.623. The predicted molar refractivity (Wildman–Crippen MR) is 67.8 cm³/mol. The normalized spacial score (nSPS) is 11.6. The van der Waals surface area contributed by atoms with Crippen molar-refractivity contribution in [2.75, 3.05) is 27.7 Å². The summed E-state index contributed by atoms with van der Waals surface area (Å²) >= 11 is 5.74. The number of hydrogen-bond acceptors (Lipinski definition) is 4. The van der Waals surface area contributed by atoms with Crippen LogP contribution < -0.4 is 0 Å². The third kappa shape index (κ3) is 3.18. The minimum absolute atomic E-state index is 0.110. The molecule has 0 fully saturated rings. The molecule has 0 saturated carbocycles. The molecule has 0 bridgehead atoms. The lowest BCUT2D eigenvalue weighted by Gasteiger charge is -2.19. The highest BCUT2D eigenvalue weighted by molar-refractivity contribution is 7.89. The van der Waals surface area contributed by atoms with Gasteiger partial charge in [0.2, 0.25) is 15.9 Å². The van der Waals surface area contributed by atoms with Crippen LogP contribution in [0.4, 0.5) is 0 Å². The molecule has 8 heteroatoms. The number of carbonyl (C=O) groups is 1. The molecule has 1 rings (SSSR count). The number of carbonyl (C=O) groups excluding carboxylic acids is 1. The fourth-order valence-corrected chi connectivity index (χ4v) is 2.69. The van der Waals surface area contributed by atoms with Crippen molar-refractivity contribution in [3.63, 3.8) is 0 Å². The summed E-state index contributed by atoms with van der Waals surface area (Å²) in [6, 6.07) is 2.82. The average Bonchev–Trinajstić information content (AvgIpc) is 2.28. The SMILES string of the molecule is CN(C)C(=O)CN(C)S(=O)(=O)c1cccnc1Cl. The Bertz CT molecular complexity index is 545. The topological polar surface area (TPSA) is 70.6 Å². The average molecular weight is 292 g/mol. The van der Waals surface area contributed by atoms with Crippen LogP contribution >= 0.6 is 11.6 Å². The van der Waals surface area contributed by atoms with E-state index in [1.165, 1.54) is 30.3 Å². The van der Waals surface area contributed by atoms with Crippen LogP contribution in [0.15, 0.2) is 23.2 Å². The minimum atomic E-state index is -3.81. The van der Waals surface area contributed by atoms with Gasteiger partial charge < -0.3 is 4.90 Å². The molecule has 0 spiro atoms. The van der Waals surface area contributed by atoms with Crippen LogP contribution in [0.3, 0.4) is 0 Å². The maximum absolute atomic E-state index is 12.1. The third-order valence-corrected chi connectivity index (χ3v) is 4.52. The lowest BCUT2D eigenvalue weighted by atomic mass is 10.5. The van der Waals surface area contributed by atoms with Crippen LogP contribution in [-0.2, 0) is 14.8 Å². The second kappa shape index (κ2) is 5.64. The quantitative estimate of drug-likeness (QED) is 0.755. The van der Waals surface area contributed by atoms with E-state index >= 15 is 0 Å². The molecule has 18 heavy (non-hydrogen) atoms. The van der Waals surface area contributed by atoms with Crippen molar-refractivity contribution in [1.29, 1.82) is 0 Å². The molecule has 1 aromatic heterocycles. The van der Waals surface area contributed by atoms with E-state index in [4.69, 9.17) is 11.6 Å². The Morgan fingerprint density at radius 3 is 2.50 bits per heavy atom. The van der Waals surface area contributed by atoms with Gasteiger partial charge in [-0.2, -0.15) is 4.31 Å². The van der Waals surface area contributed by atoms with Gasteiger partial charge in [0.25, 0.3) is 0 Å². The molecule has 6 nitrogen and oxygen atoms in total. The molecular formula is C10H14ClN3O3S. The van der Waals surface area contributed by atoms with E-state index in [0.29, 0.717) is 0 Å². The van der Waals surface area contributed by atoms with Crippen LogP contribution in [0.5, 0.6) is 0 Å². The first kappa shape index (κ1) is 14.9. The fourth-order valence-electron chi connectivity index (χ4n) is 1.15. The minimum Gasteiger partial charge on any atom is -0.348 e. The smallest absolute Gasteiger partial charge is 0.246 e. The molecule has 0 radical (unpaired) electrons. The number of hydrogen-bond donors (Lipinski definition) is 0. The molecular weight excluding hydrogens is 278 g/mol. The number of sulfonamides is 1. The van der Waals surface area contributed by atoms with Crippen molar-refractivity contribution in [3.8, 4) is 0 Å². The number of halogens is 1. The first-order valence-corrected chi connectivity index (χ1v) is 6.85. The van der Waals surface area contributed by atoms with E-state index in [0.717, 1.165) is 4.31 Å². The summed E-state index contributed by atoms with van der Waals surface area (Å²) in [6.45, 7) is -0.249. The third-order valence-electron chi connectivity index (χ3n) is 2.27. The fraction of sp³-hybridized carbons (Fsp3) is 0.400. The van der Waals surface area contributed by atoms with Crippen molar-refractivity contribution in [2.24, 2.45) is 0 Å². The van der Waals surface area contributed by atoms with Gasteiger partial charge >= 0.3 is 0 Å². The Morgan fingerprint density at radius 2 is 2.00 bits per heavy atom. The number of pyridine rings is 1. The van der Waals surface area contributed by atoms with E-state index in [9.17, 15) is 13.2 Å². The van der Waals surface area contributed by atoms with Crippen molar-refractivity contribution < 1.29 is 13.2 Å². The van der Waals surface area contributed by atoms with E-state index in [-0.39, 0.29) is 22.5 Å². The highest BCUT2D eigenvalue weighted by atomic mass is 35.5. The summed E-state index contributed by atoms with van der Waals surface area (Å²) in [4.78, 5) is 16.4. The van der Waals surface area contributed by atoms with Gasteiger partial charge in [-0.15, -0.1) is 0 Å². The van der Waals surface area contributed by atoms with Gasteiger partial charge in [-0.1, -0.05) is 11.6 Å². The lowest BCUT2D eigenvalue weighted by Crippen LogP contribution is -2.37. The van der Waals surface area contributed by atoms with Crippen molar-refractivity contribution >= 4 is 27.5 Å². The van der Waals surface area contributed by atoms with Crippen LogP contribution in [0.1, 0.15) is 0 Å². The van der Waals surface area contributed by atoms with Gasteiger partial charge in [-0.25, -0.2) is 13.4 Å². The molecule has 0 unspecified atom stereocenters. The Labute approximate surface area is 111 Å². The predicted octanol–water partition coefficient (Wildman–Crippen LogP) is 0.444. The highest BCUT2D eigenvalue weighted by Crippen LogP contribution is 2.21. The van der Waals surface area contributed by atoms with Crippen LogP contribution in [0.25, 0.3) is 0 Å². The monoisotopic (exact) mass is 291 g/mol. The Morgan fingerprint density at radius 1 is 1.39 bits per heavy atom. The maximum atomic E-state index is 12.1. The van der Waals surface area contributed by atoms with Gasteiger partial charge in [0.05, 0.1) is 6.54 Å². The highest BCUT2D eigenvalue weighted by Gasteiger charge is 2.26. The molecule has 1 amide bonds. The van der Waals surface area contributed by atoms with Gasteiger partial charge in [0.15, 0.2) is 0 Å². The summed E-state index contributed by atoms with van der Waals surface area (Å²) < 4.78 is 25.2. The van der Waals surface area contributed by atoms with Gasteiger partial charge in [0.1, 0.15) is 10.0 Å². The second-order valence-corrected chi connectivity index (χ2v) is 6.21. The van der Waals surface area contributed by atoms with E-state index in [1.807, 2.05) is 0 Å². The number of amides is 1. The summed E-state index contributed by atoms with van der Waals surface area (Å²) in [6.07, 6.45) is 1.40. The van der Waals surface area contributed by atoms with Crippen LogP contribution in [0.2, 0.25) is 5.15 Å². The molecule has 0 atom stereocenters. The molecule has 0 aliphatic rings. The summed E-state index contributed by atoms with van der Waals surface area (Å²) in [5.41, 5.74) is 0. The Hall–Kier alpha value is -1.18. The van der Waals surface area contributed by atoms with Crippen LogP contribution in [0, 0.1) is 0 Å². The molecule has 0 aromatic carbocycles. The van der Waals surface area contributed by atoms with Gasteiger partial charge in [-0.05, 0) is 12.1 Å². The summed E-state index contributed by atoms with van der Waals surface area (Å²) in [5, 5.41) is -0.110. The molecule has 1 heterocycles. The zero-order valence-electron chi connectivity index (χ0n) is 10.3. The van der Waals surface area contributed by atoms with E-state index in [1.54, 1.807) is 14.1 Å². The number of aromatic nitrogens is 1. The van der Waals surface area contributed by atoms with Crippen molar-refractivity contribution in [3.05, 3.63) is 23.5 Å². The molecule has 0 saturated heterocycles. The van der Waals surface area contributed by atoms with Crippen molar-refractivity contribution in [1.82, 2.24) is 14.2 Å². The Balaban J connectivity index is 3.01. The largest absolute Gasteiger partial charge is 0.348 e. The number of rotatable bonds is 4. The van der Waals surface area contributed by atoms with E-state index < -0.39 is 10.0 Å². The second-order valence-electron chi connectivity index (χ2n) is 3.84. The summed E-state index contributed by atoms with van der Waals surface area (Å²) in [5.74, 6) is -0.318. The zero-order valence-corrected chi connectivity index (χ0v) is 11.9. The number of nitrogens with zero attached hydrogens (tertiary/aromatic N) is 3. The van der Waals surface area contributed by atoms with Gasteiger partial charge in [0, 0.05) is 27.3 Å². The lowest BCUT2D eigenvalue weighted by molar-refractivity contribution is -0.128. The standard InChI is InChI=1S/C10H14ClN3O3S/c1-13(2)9(15)7-14(3)18(16,17)8-5-4-6-12-10(8)11/h4-6H,7H2,1-3H3. The molecule has 0 N–H and O–H groups in total.